The number of nitrogens with zero attached hydrogens (tertiary/aromatic N) is 1. The Morgan fingerprint density at radius 3 is 2.82 bits per heavy atom. The van der Waals surface area contributed by atoms with Crippen molar-refractivity contribution in [1.82, 2.24) is 0 Å². The second kappa shape index (κ2) is 5.42. The lowest BCUT2D eigenvalue weighted by Crippen LogP contribution is -2.37. The number of aliphatic hydroxyl groups is 1. The van der Waals surface area contributed by atoms with Crippen LogP contribution in [-0.2, 0) is 0 Å². The summed E-state index contributed by atoms with van der Waals surface area (Å²) in [6, 6.07) is 2.01. The molecule has 1 atom stereocenters. The van der Waals surface area contributed by atoms with Crippen molar-refractivity contribution >= 4 is 11.8 Å². The van der Waals surface area contributed by atoms with Crippen LogP contribution in [0.15, 0.2) is 0 Å². The predicted molar refractivity (Wildman–Crippen MR) is 47.2 cm³/mol. The molecule has 3 nitrogen and oxygen atoms in total. The zero-order valence-corrected chi connectivity index (χ0v) is 7.52. The van der Waals surface area contributed by atoms with E-state index in [1.54, 1.807) is 18.7 Å². The number of hydrogen-bond acceptors (Lipinski definition) is 4. The topological polar surface area (TPSA) is 70.0 Å². The molecule has 0 spiro atoms. The molecule has 0 rings (SSSR count). The monoisotopic (exact) mass is 174 g/mol. The van der Waals surface area contributed by atoms with Crippen LogP contribution in [0.5, 0.6) is 0 Å². The van der Waals surface area contributed by atoms with Crippen molar-refractivity contribution < 1.29 is 5.11 Å². The first-order valence-corrected chi connectivity index (χ1v) is 4.66. The van der Waals surface area contributed by atoms with Crippen LogP contribution < -0.4 is 5.73 Å². The normalized spacial score (nSPS) is 15.5. The van der Waals surface area contributed by atoms with Crippen LogP contribution in [0.4, 0.5) is 0 Å². The summed E-state index contributed by atoms with van der Waals surface area (Å²) in [5.74, 6) is 1.49. The molecule has 3 N–H and O–H groups in total. The smallest absolute Gasteiger partial charge is 0.110 e. The Morgan fingerprint density at radius 2 is 2.36 bits per heavy atom. The van der Waals surface area contributed by atoms with Gasteiger partial charge in [-0.25, -0.2) is 0 Å². The van der Waals surface area contributed by atoms with E-state index in [1.165, 1.54) is 0 Å². The summed E-state index contributed by atoms with van der Waals surface area (Å²) in [7, 11) is 0. The molecule has 0 aliphatic carbocycles. The molecule has 11 heavy (non-hydrogen) atoms. The standard InChI is InChI=1S/C7H14N2OS/c1-7(9,5-8)6-11-4-2-3-10/h10H,2-4,6,9H2,1H3. The molecule has 0 heterocycles. The maximum atomic E-state index is 8.51. The fourth-order valence-corrected chi connectivity index (χ4v) is 1.45. The molecule has 0 aromatic rings. The molecule has 1 unspecified atom stereocenters. The van der Waals surface area contributed by atoms with Gasteiger partial charge in [-0.2, -0.15) is 17.0 Å². The van der Waals surface area contributed by atoms with Crippen LogP contribution in [-0.4, -0.2) is 28.8 Å². The number of hydrogen-bond donors (Lipinski definition) is 2. The lowest BCUT2D eigenvalue weighted by Gasteiger charge is -2.13. The summed E-state index contributed by atoms with van der Waals surface area (Å²) in [6.45, 7) is 1.92. The van der Waals surface area contributed by atoms with Gasteiger partial charge in [-0.1, -0.05) is 0 Å². The van der Waals surface area contributed by atoms with E-state index in [4.69, 9.17) is 16.1 Å². The first-order chi connectivity index (χ1) is 5.12. The van der Waals surface area contributed by atoms with Crippen LogP contribution >= 0.6 is 11.8 Å². The lowest BCUT2D eigenvalue weighted by molar-refractivity contribution is 0.296. The second-order valence-corrected chi connectivity index (χ2v) is 3.76. The van der Waals surface area contributed by atoms with E-state index in [0.29, 0.717) is 5.75 Å². The molecule has 0 aliphatic rings. The van der Waals surface area contributed by atoms with Crippen molar-refractivity contribution in [3.05, 3.63) is 0 Å². The van der Waals surface area contributed by atoms with Gasteiger partial charge >= 0.3 is 0 Å². The fourth-order valence-electron chi connectivity index (χ4n) is 0.483. The van der Waals surface area contributed by atoms with Crippen molar-refractivity contribution in [2.75, 3.05) is 18.1 Å². The van der Waals surface area contributed by atoms with E-state index in [-0.39, 0.29) is 6.61 Å². The molecule has 64 valence electrons. The molecule has 4 heteroatoms. The quantitative estimate of drug-likeness (QED) is 0.590. The number of aliphatic hydroxyl groups excluding tert-OH is 1. The average molecular weight is 174 g/mol. The van der Waals surface area contributed by atoms with Crippen LogP contribution in [0.3, 0.4) is 0 Å². The van der Waals surface area contributed by atoms with Gasteiger partial charge in [0, 0.05) is 12.4 Å². The zero-order chi connectivity index (χ0) is 8.74. The van der Waals surface area contributed by atoms with E-state index in [0.717, 1.165) is 12.2 Å². The van der Waals surface area contributed by atoms with Crippen LogP contribution in [0.1, 0.15) is 13.3 Å². The Bertz CT molecular complexity index is 142. The van der Waals surface area contributed by atoms with Gasteiger partial charge in [-0.15, -0.1) is 0 Å². The van der Waals surface area contributed by atoms with Gasteiger partial charge in [0.1, 0.15) is 5.54 Å². The highest BCUT2D eigenvalue weighted by atomic mass is 32.2. The third-order valence-corrected chi connectivity index (χ3v) is 2.49. The predicted octanol–water partition coefficient (Wildman–Crippen LogP) is 0.343. The Morgan fingerprint density at radius 1 is 1.73 bits per heavy atom. The highest BCUT2D eigenvalue weighted by Gasteiger charge is 2.15. The third-order valence-electron chi connectivity index (χ3n) is 1.10. The Kier molecular flexibility index (Phi) is 5.30. The molecule has 0 aliphatic heterocycles. The molecular weight excluding hydrogens is 160 g/mol. The second-order valence-electron chi connectivity index (χ2n) is 2.66. The molecule has 0 radical (unpaired) electrons. The maximum absolute atomic E-state index is 8.51. The first kappa shape index (κ1) is 10.8. The summed E-state index contributed by atoms with van der Waals surface area (Å²) in [4.78, 5) is 0. The molecule has 0 bridgehead atoms. The van der Waals surface area contributed by atoms with Crippen molar-refractivity contribution in [1.29, 1.82) is 5.26 Å². The summed E-state index contributed by atoms with van der Waals surface area (Å²) < 4.78 is 0. The van der Waals surface area contributed by atoms with Gasteiger partial charge in [-0.3, -0.25) is 0 Å². The third kappa shape index (κ3) is 6.17. The molecular formula is C7H14N2OS. The van der Waals surface area contributed by atoms with Gasteiger partial charge < -0.3 is 10.8 Å². The van der Waals surface area contributed by atoms with Gasteiger partial charge in [0.05, 0.1) is 6.07 Å². The Hall–Kier alpha value is -0.240. The van der Waals surface area contributed by atoms with Crippen molar-refractivity contribution in [3.63, 3.8) is 0 Å². The maximum Gasteiger partial charge on any atom is 0.110 e. The highest BCUT2D eigenvalue weighted by molar-refractivity contribution is 7.99. The van der Waals surface area contributed by atoms with Gasteiger partial charge in [0.2, 0.25) is 0 Å². The van der Waals surface area contributed by atoms with Crippen molar-refractivity contribution in [3.8, 4) is 6.07 Å². The average Bonchev–Trinajstić information content (AvgIpc) is 1.99. The number of rotatable bonds is 5. The first-order valence-electron chi connectivity index (χ1n) is 3.51. The summed E-state index contributed by atoms with van der Waals surface area (Å²) >= 11 is 1.60. The molecule has 0 amide bonds. The van der Waals surface area contributed by atoms with Crippen molar-refractivity contribution in [2.45, 2.75) is 18.9 Å². The van der Waals surface area contributed by atoms with E-state index in [2.05, 4.69) is 0 Å². The minimum Gasteiger partial charge on any atom is -0.396 e. The molecule has 0 saturated carbocycles. The zero-order valence-electron chi connectivity index (χ0n) is 6.71. The van der Waals surface area contributed by atoms with E-state index in [1.807, 2.05) is 6.07 Å². The minimum atomic E-state index is -0.722. The van der Waals surface area contributed by atoms with Gasteiger partial charge in [-0.05, 0) is 19.1 Å². The Balaban J connectivity index is 3.32. The summed E-state index contributed by atoms with van der Waals surface area (Å²) in [5, 5.41) is 17.0. The largest absolute Gasteiger partial charge is 0.396 e. The SMILES string of the molecule is CC(N)(C#N)CSCCCO. The Labute approximate surface area is 71.6 Å². The van der Waals surface area contributed by atoms with E-state index < -0.39 is 5.54 Å². The van der Waals surface area contributed by atoms with E-state index >= 15 is 0 Å². The lowest BCUT2D eigenvalue weighted by atomic mass is 10.1. The highest BCUT2D eigenvalue weighted by Crippen LogP contribution is 2.10. The van der Waals surface area contributed by atoms with Crippen LogP contribution in [0.25, 0.3) is 0 Å². The van der Waals surface area contributed by atoms with E-state index in [9.17, 15) is 0 Å². The number of thioether (sulfide) groups is 1. The molecule has 0 aromatic heterocycles. The summed E-state index contributed by atoms with van der Waals surface area (Å²) in [6.07, 6.45) is 0.770. The van der Waals surface area contributed by atoms with Gasteiger partial charge in [0.15, 0.2) is 0 Å². The van der Waals surface area contributed by atoms with Gasteiger partial charge in [0.25, 0.3) is 0 Å². The summed E-state index contributed by atoms with van der Waals surface area (Å²) in [5.41, 5.74) is 4.83. The fraction of sp³-hybridized carbons (Fsp3) is 0.857. The molecule has 0 aromatic carbocycles. The minimum absolute atomic E-state index is 0.209. The molecule has 0 fully saturated rings. The number of nitrogens with two attached hydrogens (primary N) is 1. The number of nitriles is 1. The van der Waals surface area contributed by atoms with Crippen LogP contribution in [0, 0.1) is 11.3 Å². The van der Waals surface area contributed by atoms with Crippen LogP contribution in [0.2, 0.25) is 0 Å². The molecule has 0 saturated heterocycles. The van der Waals surface area contributed by atoms with Crippen molar-refractivity contribution in [2.24, 2.45) is 5.73 Å².